The summed E-state index contributed by atoms with van der Waals surface area (Å²) in [6, 6.07) is 0. The lowest BCUT2D eigenvalue weighted by Crippen LogP contribution is -2.50. The molecule has 0 aliphatic heterocycles. The Morgan fingerprint density at radius 1 is 0.636 bits per heavy atom. The lowest BCUT2D eigenvalue weighted by Gasteiger charge is -2.03. The van der Waals surface area contributed by atoms with Gasteiger partial charge >= 0.3 is 0 Å². The molecule has 0 bridgehead atoms. The van der Waals surface area contributed by atoms with E-state index in [1.54, 1.807) is 0 Å². The van der Waals surface area contributed by atoms with Crippen LogP contribution in [0.25, 0.3) is 5.41 Å². The second kappa shape index (κ2) is 25.7. The van der Waals surface area contributed by atoms with Crippen LogP contribution < -0.4 is 5.73 Å². The Bertz CT molecular complexity index is 197. The Kier molecular flexibility index (Phi) is 28.1. The topological polar surface area (TPSA) is 49.9 Å². The molecule has 0 unspecified atom stereocenters. The number of thiocarbonyl (C=S) groups is 1. The number of quaternary nitrogens is 1. The molecule has 0 aromatic rings. The zero-order valence-electron chi connectivity index (χ0n) is 15.1. The van der Waals surface area contributed by atoms with Gasteiger partial charge in [0.1, 0.15) is 0 Å². The van der Waals surface area contributed by atoms with Crippen LogP contribution in [0.15, 0.2) is 0 Å². The fourth-order valence-corrected chi connectivity index (χ4v) is 2.72. The first-order valence-corrected chi connectivity index (χ1v) is 10.0. The molecule has 0 atom stereocenters. The van der Waals surface area contributed by atoms with E-state index in [1.165, 1.54) is 108 Å². The van der Waals surface area contributed by atoms with Crippen LogP contribution in [0.3, 0.4) is 0 Å². The van der Waals surface area contributed by atoms with Gasteiger partial charge in [0.15, 0.2) is 0 Å². The van der Waals surface area contributed by atoms with Crippen molar-refractivity contribution in [1.82, 2.24) is 0 Å². The second-order valence-corrected chi connectivity index (χ2v) is 6.43. The lowest BCUT2D eigenvalue weighted by molar-refractivity contribution is -0.368. The first-order chi connectivity index (χ1) is 10.8. The fourth-order valence-electron chi connectivity index (χ4n) is 2.72. The van der Waals surface area contributed by atoms with E-state index in [0.717, 1.165) is 6.54 Å². The van der Waals surface area contributed by atoms with Crippen molar-refractivity contribution >= 4 is 17.4 Å². The zero-order valence-corrected chi connectivity index (χ0v) is 15.9. The maximum absolute atomic E-state index is 7.13. The molecule has 0 amide bonds. The molecule has 0 aliphatic carbocycles. The molecule has 0 saturated carbocycles. The summed E-state index contributed by atoms with van der Waals surface area (Å²) in [5.41, 5.74) is 3.89. The van der Waals surface area contributed by atoms with E-state index in [1.807, 2.05) is 0 Å². The van der Waals surface area contributed by atoms with Gasteiger partial charge in [-0.2, -0.15) is 5.16 Å². The molecule has 0 fully saturated rings. The first-order valence-electron chi connectivity index (χ1n) is 9.63. The van der Waals surface area contributed by atoms with Crippen molar-refractivity contribution < 1.29 is 5.73 Å². The molecule has 0 aromatic heterocycles. The van der Waals surface area contributed by atoms with Crippen LogP contribution in [0, 0.1) is 0 Å². The van der Waals surface area contributed by atoms with Crippen LogP contribution in [0.4, 0.5) is 0 Å². The molecule has 0 aliphatic rings. The predicted octanol–water partition coefficient (Wildman–Crippen LogP) is 6.15. The van der Waals surface area contributed by atoms with Gasteiger partial charge in [0, 0.05) is 0 Å². The highest BCUT2D eigenvalue weighted by atomic mass is 32.1. The van der Waals surface area contributed by atoms with Gasteiger partial charge in [0.05, 0.1) is 6.54 Å². The highest BCUT2D eigenvalue weighted by Crippen LogP contribution is 2.13. The monoisotopic (exact) mass is 328 g/mol. The highest BCUT2D eigenvalue weighted by molar-refractivity contribution is 7.78. The lowest BCUT2D eigenvalue weighted by atomic mass is 10.0. The van der Waals surface area contributed by atoms with Crippen LogP contribution in [0.2, 0.25) is 0 Å². The third kappa shape index (κ3) is 28.0. The normalized spacial score (nSPS) is 9.91. The molecular formula is C19H40N2S. The molecule has 0 spiro atoms. The van der Waals surface area contributed by atoms with E-state index >= 15 is 0 Å². The summed E-state index contributed by atoms with van der Waals surface area (Å²) in [7, 11) is 0. The molecule has 0 rings (SSSR count). The van der Waals surface area contributed by atoms with Gasteiger partial charge in [-0.3, -0.25) is 0 Å². The second-order valence-electron chi connectivity index (χ2n) is 6.25. The molecule has 3 N–H and O–H groups in total. The summed E-state index contributed by atoms with van der Waals surface area (Å²) >= 11 is 3.70. The van der Waals surface area contributed by atoms with Crippen molar-refractivity contribution in [1.29, 1.82) is 0 Å². The Balaban J connectivity index is 0. The molecule has 22 heavy (non-hydrogen) atoms. The Labute approximate surface area is 145 Å². The van der Waals surface area contributed by atoms with Gasteiger partial charge in [-0.25, -0.2) is 0 Å². The van der Waals surface area contributed by atoms with E-state index < -0.39 is 0 Å². The Morgan fingerprint density at radius 3 is 1.09 bits per heavy atom. The third-order valence-corrected chi connectivity index (χ3v) is 4.10. The minimum Gasteiger partial charge on any atom is -0.753 e. The van der Waals surface area contributed by atoms with Gasteiger partial charge in [-0.15, -0.1) is 0 Å². The van der Waals surface area contributed by atoms with Crippen LogP contribution in [-0.2, 0) is 0 Å². The first kappa shape index (κ1) is 24.0. The summed E-state index contributed by atoms with van der Waals surface area (Å²) in [5, 5.41) is 8.47. The van der Waals surface area contributed by atoms with Gasteiger partial charge in [0.25, 0.3) is 0 Å². The summed E-state index contributed by atoms with van der Waals surface area (Å²) in [6.07, 6.45) is 23.2. The summed E-state index contributed by atoms with van der Waals surface area (Å²) in [5.74, 6) is 0. The molecule has 132 valence electrons. The van der Waals surface area contributed by atoms with E-state index in [4.69, 9.17) is 5.41 Å². The van der Waals surface area contributed by atoms with E-state index in [2.05, 4.69) is 24.9 Å². The number of hydrogen-bond donors (Lipinski definition) is 1. The van der Waals surface area contributed by atoms with Crippen LogP contribution in [0.1, 0.15) is 110 Å². The standard InChI is InChI=1S/C18H39N.CNS/c1-2-3-4-5-6-7-8-9-10-11-12-13-14-15-16-17-18-19;2-1-3/h2-19H2,1H3;/q;-1/p+1. The van der Waals surface area contributed by atoms with Crippen molar-refractivity contribution in [3.8, 4) is 0 Å². The predicted molar refractivity (Wildman–Crippen MR) is 103 cm³/mol. The van der Waals surface area contributed by atoms with Crippen LogP contribution in [0.5, 0.6) is 0 Å². The minimum atomic E-state index is 1.12. The zero-order chi connectivity index (χ0) is 16.7. The smallest absolute Gasteiger partial charge is 0.0739 e. The van der Waals surface area contributed by atoms with Gasteiger partial charge in [-0.05, 0) is 12.8 Å². The van der Waals surface area contributed by atoms with Crippen LogP contribution >= 0.6 is 12.2 Å². The van der Waals surface area contributed by atoms with Crippen LogP contribution in [-0.4, -0.2) is 11.7 Å². The fraction of sp³-hybridized carbons (Fsp3) is 0.947. The number of nitrogens with zero attached hydrogens (tertiary/aromatic N) is 1. The van der Waals surface area contributed by atoms with Gasteiger partial charge < -0.3 is 11.1 Å². The summed E-state index contributed by atoms with van der Waals surface area (Å²) in [4.78, 5) is 0. The number of unbranched alkanes of at least 4 members (excludes halogenated alkanes) is 15. The number of hydrogen-bond acceptors (Lipinski definition) is 1. The van der Waals surface area contributed by atoms with Crippen molar-refractivity contribution in [3.05, 3.63) is 5.41 Å². The molecule has 0 aromatic carbocycles. The Hall–Kier alpha value is -0.240. The molecule has 0 heterocycles. The van der Waals surface area contributed by atoms with E-state index in [9.17, 15) is 0 Å². The van der Waals surface area contributed by atoms with Crippen molar-refractivity contribution in [3.63, 3.8) is 0 Å². The number of isothiocyanates is 1. The average molecular weight is 329 g/mol. The molecule has 2 nitrogen and oxygen atoms in total. The highest BCUT2D eigenvalue weighted by Gasteiger charge is 1.94. The molecule has 3 heteroatoms. The minimum absolute atomic E-state index is 1.12. The van der Waals surface area contributed by atoms with Crippen molar-refractivity contribution in [2.75, 3.05) is 6.54 Å². The van der Waals surface area contributed by atoms with Gasteiger partial charge in [0.2, 0.25) is 0 Å². The van der Waals surface area contributed by atoms with Crippen molar-refractivity contribution in [2.45, 2.75) is 110 Å². The largest absolute Gasteiger partial charge is 0.753 e. The maximum atomic E-state index is 7.13. The number of rotatable bonds is 16. The van der Waals surface area contributed by atoms with Gasteiger partial charge in [-0.1, -0.05) is 109 Å². The van der Waals surface area contributed by atoms with E-state index in [-0.39, 0.29) is 0 Å². The maximum Gasteiger partial charge on any atom is 0.0739 e. The SMILES string of the molecule is CCCCCCCCCCCCCCCCCC[NH3+].[N-]=C=S. The molecular weight excluding hydrogens is 288 g/mol. The third-order valence-electron chi connectivity index (χ3n) is 4.10. The quantitative estimate of drug-likeness (QED) is 0.206. The molecule has 0 radical (unpaired) electrons. The summed E-state index contributed by atoms with van der Waals surface area (Å²) < 4.78 is 0. The Morgan fingerprint density at radius 2 is 0.864 bits per heavy atom. The average Bonchev–Trinajstić information content (AvgIpc) is 2.52. The van der Waals surface area contributed by atoms with Crippen molar-refractivity contribution in [2.24, 2.45) is 0 Å². The molecule has 0 saturated heterocycles. The summed E-state index contributed by atoms with van der Waals surface area (Å²) in [6.45, 7) is 3.42. The van der Waals surface area contributed by atoms with E-state index in [0.29, 0.717) is 0 Å².